The summed E-state index contributed by atoms with van der Waals surface area (Å²) in [6.07, 6.45) is 0.854. The molecule has 0 aliphatic rings. The van der Waals surface area contributed by atoms with Gasteiger partial charge in [0, 0.05) is 24.2 Å². The van der Waals surface area contributed by atoms with Gasteiger partial charge in [-0.2, -0.15) is 0 Å². The molecule has 1 atom stereocenters. The number of anilines is 1. The Morgan fingerprint density at radius 2 is 2.06 bits per heavy atom. The number of benzene rings is 1. The highest BCUT2D eigenvalue weighted by atomic mass is 32.2. The van der Waals surface area contributed by atoms with Crippen molar-refractivity contribution in [1.82, 2.24) is 0 Å². The minimum atomic E-state index is -1.13. The molecule has 5 heteroatoms. The van der Waals surface area contributed by atoms with Gasteiger partial charge in [0.05, 0.1) is 0 Å². The Kier molecular flexibility index (Phi) is 4.79. The molecule has 0 aliphatic carbocycles. The van der Waals surface area contributed by atoms with Crippen LogP contribution in [0.1, 0.15) is 0 Å². The van der Waals surface area contributed by atoms with Gasteiger partial charge >= 0.3 is 0 Å². The first-order chi connectivity index (χ1) is 7.60. The van der Waals surface area contributed by atoms with Crippen LogP contribution in [0.25, 0.3) is 0 Å². The Bertz CT molecular complexity index is 354. The van der Waals surface area contributed by atoms with E-state index in [0.717, 1.165) is 10.6 Å². The van der Waals surface area contributed by atoms with Crippen LogP contribution in [0.5, 0.6) is 0 Å². The summed E-state index contributed by atoms with van der Waals surface area (Å²) in [5, 5.41) is 9.34. The van der Waals surface area contributed by atoms with E-state index in [-0.39, 0.29) is 12.5 Å². The number of carbonyl (C=O) groups is 1. The molecule has 1 aromatic rings. The minimum Gasteiger partial charge on any atom is -0.382 e. The molecule has 88 valence electrons. The maximum atomic E-state index is 11.6. The number of hydrogen-bond donors (Lipinski definition) is 2. The van der Waals surface area contributed by atoms with Crippen molar-refractivity contribution in [3.63, 3.8) is 0 Å². The second-order valence-electron chi connectivity index (χ2n) is 3.35. The number of aliphatic hydroxyl groups is 1. The highest BCUT2D eigenvalue weighted by Gasteiger charge is 2.18. The molecular weight excluding hydrogens is 224 g/mol. The Labute approximate surface area is 99.4 Å². The molecule has 0 aliphatic heterocycles. The van der Waals surface area contributed by atoms with Crippen LogP contribution in [0.2, 0.25) is 0 Å². The van der Waals surface area contributed by atoms with Crippen molar-refractivity contribution in [3.8, 4) is 0 Å². The second-order valence-corrected chi connectivity index (χ2v) is 4.23. The zero-order chi connectivity index (χ0) is 12.1. The van der Waals surface area contributed by atoms with Gasteiger partial charge in [-0.15, -0.1) is 11.8 Å². The van der Waals surface area contributed by atoms with Gasteiger partial charge in [0.2, 0.25) is 0 Å². The van der Waals surface area contributed by atoms with Crippen molar-refractivity contribution >= 4 is 23.4 Å². The topological polar surface area (TPSA) is 66.6 Å². The Balaban J connectivity index is 2.79. The zero-order valence-corrected chi connectivity index (χ0v) is 10.2. The van der Waals surface area contributed by atoms with E-state index < -0.39 is 6.10 Å². The molecule has 0 bridgehead atoms. The minimum absolute atomic E-state index is 0.0634. The molecule has 1 amide bonds. The predicted octanol–water partition coefficient (Wildman–Crippen LogP) is 0.691. The number of thioether (sulfide) groups is 1. The third-order valence-corrected chi connectivity index (χ3v) is 3.04. The average molecular weight is 240 g/mol. The van der Waals surface area contributed by atoms with Gasteiger partial charge in [0.15, 0.2) is 0 Å². The van der Waals surface area contributed by atoms with E-state index in [1.54, 1.807) is 18.8 Å². The quantitative estimate of drug-likeness (QED) is 0.760. The standard InChI is InChI=1S/C11H16N2O2S/c1-13(11(15)10(14)7-12)8-3-5-9(16-2)6-4-8/h3-6,10,14H,7,12H2,1-2H3. The summed E-state index contributed by atoms with van der Waals surface area (Å²) in [7, 11) is 1.62. The van der Waals surface area contributed by atoms with Crippen LogP contribution in [-0.2, 0) is 4.79 Å². The molecule has 1 aromatic carbocycles. The number of nitrogens with two attached hydrogens (primary N) is 1. The number of carbonyl (C=O) groups excluding carboxylic acids is 1. The van der Waals surface area contributed by atoms with Gasteiger partial charge in [0.1, 0.15) is 6.10 Å². The van der Waals surface area contributed by atoms with E-state index in [4.69, 9.17) is 5.73 Å². The predicted molar refractivity (Wildman–Crippen MR) is 66.7 cm³/mol. The average Bonchev–Trinajstić information content (AvgIpc) is 2.36. The molecule has 3 N–H and O–H groups in total. The fourth-order valence-electron chi connectivity index (χ4n) is 1.26. The van der Waals surface area contributed by atoms with E-state index in [0.29, 0.717) is 0 Å². The highest BCUT2D eigenvalue weighted by molar-refractivity contribution is 7.98. The summed E-state index contributed by atoms with van der Waals surface area (Å²) in [4.78, 5) is 14.2. The monoisotopic (exact) mass is 240 g/mol. The fourth-order valence-corrected chi connectivity index (χ4v) is 1.67. The summed E-state index contributed by atoms with van der Waals surface area (Å²) in [5.41, 5.74) is 5.98. The molecule has 0 spiro atoms. The molecule has 1 unspecified atom stereocenters. The SMILES string of the molecule is CSc1ccc(N(C)C(=O)C(O)CN)cc1. The fraction of sp³-hybridized carbons (Fsp3) is 0.364. The van der Waals surface area contributed by atoms with Crippen molar-refractivity contribution in [2.75, 3.05) is 24.7 Å². The maximum Gasteiger partial charge on any atom is 0.256 e. The van der Waals surface area contributed by atoms with Crippen LogP contribution in [0.4, 0.5) is 5.69 Å². The molecule has 1 rings (SSSR count). The van der Waals surface area contributed by atoms with E-state index in [9.17, 15) is 9.90 Å². The summed E-state index contributed by atoms with van der Waals surface area (Å²) in [6.45, 7) is -0.0634. The van der Waals surface area contributed by atoms with Gasteiger partial charge in [0.25, 0.3) is 5.91 Å². The highest BCUT2D eigenvalue weighted by Crippen LogP contribution is 2.20. The first kappa shape index (κ1) is 13.0. The Morgan fingerprint density at radius 3 is 2.50 bits per heavy atom. The zero-order valence-electron chi connectivity index (χ0n) is 9.38. The lowest BCUT2D eigenvalue weighted by molar-refractivity contribution is -0.125. The lowest BCUT2D eigenvalue weighted by atomic mass is 10.2. The van der Waals surface area contributed by atoms with Crippen LogP contribution in [0, 0.1) is 0 Å². The summed E-state index contributed by atoms with van der Waals surface area (Å²) in [6, 6.07) is 7.54. The van der Waals surface area contributed by atoms with Crippen molar-refractivity contribution in [1.29, 1.82) is 0 Å². The van der Waals surface area contributed by atoms with E-state index >= 15 is 0 Å². The third kappa shape index (κ3) is 2.98. The normalized spacial score (nSPS) is 12.2. The number of aliphatic hydroxyl groups excluding tert-OH is 1. The number of likely N-dealkylation sites (N-methyl/N-ethyl adjacent to an activating group) is 1. The summed E-state index contributed by atoms with van der Waals surface area (Å²) >= 11 is 1.64. The molecule has 0 heterocycles. The van der Waals surface area contributed by atoms with E-state index in [2.05, 4.69) is 0 Å². The largest absolute Gasteiger partial charge is 0.382 e. The van der Waals surface area contributed by atoms with Gasteiger partial charge in [-0.05, 0) is 30.5 Å². The van der Waals surface area contributed by atoms with Crippen molar-refractivity contribution in [3.05, 3.63) is 24.3 Å². The molecule has 4 nitrogen and oxygen atoms in total. The van der Waals surface area contributed by atoms with Crippen LogP contribution >= 0.6 is 11.8 Å². The van der Waals surface area contributed by atoms with E-state index in [1.165, 1.54) is 4.90 Å². The number of rotatable bonds is 4. The third-order valence-electron chi connectivity index (χ3n) is 2.30. The molecule has 0 saturated heterocycles. The van der Waals surface area contributed by atoms with Crippen LogP contribution in [-0.4, -0.2) is 37.0 Å². The van der Waals surface area contributed by atoms with Crippen molar-refractivity contribution in [2.45, 2.75) is 11.0 Å². The van der Waals surface area contributed by atoms with Crippen molar-refractivity contribution < 1.29 is 9.90 Å². The lowest BCUT2D eigenvalue weighted by Gasteiger charge is -2.20. The maximum absolute atomic E-state index is 11.6. The molecule has 0 aromatic heterocycles. The smallest absolute Gasteiger partial charge is 0.256 e. The van der Waals surface area contributed by atoms with Gasteiger partial charge in [-0.1, -0.05) is 0 Å². The molecular formula is C11H16N2O2S. The molecule has 0 saturated carbocycles. The van der Waals surface area contributed by atoms with E-state index in [1.807, 2.05) is 30.5 Å². The molecule has 0 radical (unpaired) electrons. The lowest BCUT2D eigenvalue weighted by Crippen LogP contribution is -2.40. The molecule has 16 heavy (non-hydrogen) atoms. The first-order valence-electron chi connectivity index (χ1n) is 4.90. The van der Waals surface area contributed by atoms with Crippen LogP contribution in [0.15, 0.2) is 29.2 Å². The van der Waals surface area contributed by atoms with Crippen molar-refractivity contribution in [2.24, 2.45) is 5.73 Å². The summed E-state index contributed by atoms with van der Waals surface area (Å²) in [5.74, 6) is -0.389. The van der Waals surface area contributed by atoms with Gasteiger partial charge in [-0.3, -0.25) is 4.79 Å². The van der Waals surface area contributed by atoms with Gasteiger partial charge < -0.3 is 15.7 Å². The number of hydrogen-bond acceptors (Lipinski definition) is 4. The second kappa shape index (κ2) is 5.89. The number of nitrogens with zero attached hydrogens (tertiary/aromatic N) is 1. The van der Waals surface area contributed by atoms with Crippen LogP contribution < -0.4 is 10.6 Å². The summed E-state index contributed by atoms with van der Waals surface area (Å²) < 4.78 is 0. The number of amides is 1. The Morgan fingerprint density at radius 1 is 1.50 bits per heavy atom. The Hall–Kier alpha value is -1.04. The van der Waals surface area contributed by atoms with Crippen LogP contribution in [0.3, 0.4) is 0 Å². The first-order valence-corrected chi connectivity index (χ1v) is 6.12. The molecule has 0 fully saturated rings. The van der Waals surface area contributed by atoms with Gasteiger partial charge in [-0.25, -0.2) is 0 Å².